The highest BCUT2D eigenvalue weighted by Crippen LogP contribution is 2.37. The van der Waals surface area contributed by atoms with Crippen LogP contribution in [0.4, 0.5) is 5.69 Å². The SMILES string of the molecule is COc1ccc(N(C(=O)c2cccc[n+]2[O-])C(C)C2CC2)cc1. The number of carbonyl (C=O) groups is 1. The van der Waals surface area contributed by atoms with E-state index < -0.39 is 0 Å². The van der Waals surface area contributed by atoms with Crippen molar-refractivity contribution in [2.75, 3.05) is 12.0 Å². The van der Waals surface area contributed by atoms with Crippen molar-refractivity contribution >= 4 is 11.6 Å². The number of benzene rings is 1. The van der Waals surface area contributed by atoms with Gasteiger partial charge < -0.3 is 14.8 Å². The van der Waals surface area contributed by atoms with Gasteiger partial charge in [0.1, 0.15) is 5.75 Å². The number of carbonyl (C=O) groups excluding carboxylic acids is 1. The van der Waals surface area contributed by atoms with Crippen LogP contribution in [-0.4, -0.2) is 19.1 Å². The second kappa shape index (κ2) is 6.28. The number of methoxy groups -OCH3 is 1. The smallest absolute Gasteiger partial charge is 0.324 e. The molecule has 1 atom stereocenters. The molecule has 5 nitrogen and oxygen atoms in total. The number of hydrogen-bond donors (Lipinski definition) is 0. The quantitative estimate of drug-likeness (QED) is 0.630. The number of ether oxygens (including phenoxy) is 1. The van der Waals surface area contributed by atoms with E-state index in [-0.39, 0.29) is 17.6 Å². The molecule has 1 saturated carbocycles. The number of amides is 1. The van der Waals surface area contributed by atoms with Crippen molar-refractivity contribution in [3.63, 3.8) is 0 Å². The van der Waals surface area contributed by atoms with Crippen molar-refractivity contribution in [2.45, 2.75) is 25.8 Å². The number of hydrogen-bond acceptors (Lipinski definition) is 3. The van der Waals surface area contributed by atoms with E-state index in [2.05, 4.69) is 0 Å². The van der Waals surface area contributed by atoms with Crippen LogP contribution < -0.4 is 14.4 Å². The maximum absolute atomic E-state index is 13.0. The largest absolute Gasteiger partial charge is 0.618 e. The van der Waals surface area contributed by atoms with Gasteiger partial charge in [0, 0.05) is 23.9 Å². The van der Waals surface area contributed by atoms with Gasteiger partial charge in [-0.3, -0.25) is 4.79 Å². The molecule has 0 spiro atoms. The Morgan fingerprint density at radius 3 is 2.52 bits per heavy atom. The molecule has 1 aromatic carbocycles. The Kier molecular flexibility index (Phi) is 4.19. The standard InChI is InChI=1S/C18H20N2O3/c1-13(14-6-7-14)20(15-8-10-16(23-2)11-9-15)18(21)17-5-3-4-12-19(17)22/h3-5,8-14H,6-7H2,1-2H3. The molecule has 1 heterocycles. The van der Waals surface area contributed by atoms with E-state index in [0.717, 1.165) is 24.3 Å². The first kappa shape index (κ1) is 15.3. The van der Waals surface area contributed by atoms with E-state index in [9.17, 15) is 10.0 Å². The molecule has 0 bridgehead atoms. The molecule has 0 aliphatic heterocycles. The van der Waals surface area contributed by atoms with Crippen LogP contribution in [0.3, 0.4) is 0 Å². The molecule has 1 unspecified atom stereocenters. The van der Waals surface area contributed by atoms with Gasteiger partial charge in [-0.2, -0.15) is 4.73 Å². The third-order valence-electron chi connectivity index (χ3n) is 4.32. The van der Waals surface area contributed by atoms with Gasteiger partial charge in [-0.15, -0.1) is 0 Å². The summed E-state index contributed by atoms with van der Waals surface area (Å²) in [6.07, 6.45) is 3.59. The van der Waals surface area contributed by atoms with E-state index in [4.69, 9.17) is 4.74 Å². The average Bonchev–Trinajstić information content (AvgIpc) is 3.41. The van der Waals surface area contributed by atoms with Gasteiger partial charge in [0.15, 0.2) is 6.20 Å². The zero-order chi connectivity index (χ0) is 16.4. The highest BCUT2D eigenvalue weighted by atomic mass is 16.5. The molecule has 1 fully saturated rings. The zero-order valence-electron chi connectivity index (χ0n) is 13.3. The maximum atomic E-state index is 13.0. The van der Waals surface area contributed by atoms with Gasteiger partial charge in [-0.1, -0.05) is 0 Å². The van der Waals surface area contributed by atoms with Crippen molar-refractivity contribution < 1.29 is 14.3 Å². The van der Waals surface area contributed by atoms with Crippen LogP contribution in [0, 0.1) is 11.1 Å². The molecule has 3 rings (SSSR count). The highest BCUT2D eigenvalue weighted by molar-refractivity contribution is 6.04. The number of aromatic nitrogens is 1. The number of nitrogens with zero attached hydrogens (tertiary/aromatic N) is 2. The number of rotatable bonds is 5. The average molecular weight is 312 g/mol. The molecule has 120 valence electrons. The summed E-state index contributed by atoms with van der Waals surface area (Å²) < 4.78 is 5.80. The van der Waals surface area contributed by atoms with Crippen LogP contribution in [-0.2, 0) is 0 Å². The first-order chi connectivity index (χ1) is 11.1. The van der Waals surface area contributed by atoms with Crippen LogP contribution in [0.5, 0.6) is 5.75 Å². The Morgan fingerprint density at radius 2 is 1.96 bits per heavy atom. The minimum Gasteiger partial charge on any atom is -0.618 e. The molecule has 0 radical (unpaired) electrons. The van der Waals surface area contributed by atoms with E-state index in [1.54, 1.807) is 30.2 Å². The molecular weight excluding hydrogens is 292 g/mol. The molecule has 1 aliphatic carbocycles. The summed E-state index contributed by atoms with van der Waals surface area (Å²) in [6.45, 7) is 2.04. The molecule has 2 aromatic rings. The molecular formula is C18H20N2O3. The molecule has 1 aliphatic rings. The predicted molar refractivity (Wildman–Crippen MR) is 87.4 cm³/mol. The molecule has 1 amide bonds. The van der Waals surface area contributed by atoms with E-state index in [1.807, 2.05) is 31.2 Å². The van der Waals surface area contributed by atoms with Gasteiger partial charge >= 0.3 is 5.91 Å². The van der Waals surface area contributed by atoms with Crippen molar-refractivity contribution in [3.05, 3.63) is 59.6 Å². The van der Waals surface area contributed by atoms with Crippen LogP contribution in [0.15, 0.2) is 48.7 Å². The van der Waals surface area contributed by atoms with Crippen LogP contribution >= 0.6 is 0 Å². The Balaban J connectivity index is 1.97. The molecule has 5 heteroatoms. The second-order valence-corrected chi connectivity index (χ2v) is 5.86. The Labute approximate surface area is 135 Å². The van der Waals surface area contributed by atoms with Crippen molar-refractivity contribution in [2.24, 2.45) is 5.92 Å². The van der Waals surface area contributed by atoms with Gasteiger partial charge in [0.25, 0.3) is 5.69 Å². The lowest BCUT2D eigenvalue weighted by Crippen LogP contribution is -2.46. The van der Waals surface area contributed by atoms with E-state index in [1.165, 1.54) is 6.20 Å². The summed E-state index contributed by atoms with van der Waals surface area (Å²) in [6, 6.07) is 12.3. The van der Waals surface area contributed by atoms with Gasteiger partial charge in [0.05, 0.1) is 7.11 Å². The van der Waals surface area contributed by atoms with Crippen molar-refractivity contribution in [1.82, 2.24) is 0 Å². The first-order valence-electron chi connectivity index (χ1n) is 7.77. The monoisotopic (exact) mass is 312 g/mol. The summed E-state index contributed by atoms with van der Waals surface area (Å²) in [5.41, 5.74) is 0.912. The summed E-state index contributed by atoms with van der Waals surface area (Å²) in [4.78, 5) is 14.7. The fourth-order valence-electron chi connectivity index (χ4n) is 2.79. The normalized spacial score (nSPS) is 15.0. The lowest BCUT2D eigenvalue weighted by Gasteiger charge is -2.28. The zero-order valence-corrected chi connectivity index (χ0v) is 13.3. The third kappa shape index (κ3) is 3.13. The molecule has 1 aromatic heterocycles. The topological polar surface area (TPSA) is 56.5 Å². The van der Waals surface area contributed by atoms with Crippen LogP contribution in [0.1, 0.15) is 30.3 Å². The third-order valence-corrected chi connectivity index (χ3v) is 4.32. The van der Waals surface area contributed by atoms with Crippen LogP contribution in [0.2, 0.25) is 0 Å². The second-order valence-electron chi connectivity index (χ2n) is 5.86. The fourth-order valence-corrected chi connectivity index (χ4v) is 2.79. The van der Waals surface area contributed by atoms with Gasteiger partial charge in [-0.25, -0.2) is 0 Å². The molecule has 23 heavy (non-hydrogen) atoms. The number of pyridine rings is 1. The minimum atomic E-state index is -0.273. The summed E-state index contributed by atoms with van der Waals surface area (Å²) in [7, 11) is 1.61. The first-order valence-corrected chi connectivity index (χ1v) is 7.77. The van der Waals surface area contributed by atoms with Crippen LogP contribution in [0.25, 0.3) is 0 Å². The number of anilines is 1. The molecule has 0 saturated heterocycles. The summed E-state index contributed by atoms with van der Waals surface area (Å²) >= 11 is 0. The van der Waals surface area contributed by atoms with Gasteiger partial charge in [-0.05, 0) is 56.0 Å². The van der Waals surface area contributed by atoms with E-state index >= 15 is 0 Å². The fraction of sp³-hybridized carbons (Fsp3) is 0.333. The summed E-state index contributed by atoms with van der Waals surface area (Å²) in [5.74, 6) is 0.953. The molecule has 0 N–H and O–H groups in total. The summed E-state index contributed by atoms with van der Waals surface area (Å²) in [5, 5.41) is 12.0. The van der Waals surface area contributed by atoms with Crippen molar-refractivity contribution in [1.29, 1.82) is 0 Å². The Hall–Kier alpha value is -2.56. The lowest BCUT2D eigenvalue weighted by atomic mass is 10.1. The van der Waals surface area contributed by atoms with Crippen molar-refractivity contribution in [3.8, 4) is 5.75 Å². The lowest BCUT2D eigenvalue weighted by molar-refractivity contribution is -0.607. The highest BCUT2D eigenvalue weighted by Gasteiger charge is 2.37. The van der Waals surface area contributed by atoms with Gasteiger partial charge in [0.2, 0.25) is 0 Å². The Morgan fingerprint density at radius 1 is 1.26 bits per heavy atom. The minimum absolute atomic E-state index is 0.0519. The predicted octanol–water partition coefficient (Wildman–Crippen LogP) is 2.77. The Bertz CT molecular complexity index is 696. The van der Waals surface area contributed by atoms with E-state index in [0.29, 0.717) is 10.6 Å². The maximum Gasteiger partial charge on any atom is 0.324 e.